The van der Waals surface area contributed by atoms with Gasteiger partial charge in [-0.3, -0.25) is 14.6 Å². The molecule has 1 aromatic carbocycles. The number of hydrogen-bond donors (Lipinski definition) is 2. The second-order valence-electron chi connectivity index (χ2n) is 11.9. The molecule has 0 radical (unpaired) electrons. The second kappa shape index (κ2) is 12.3. The summed E-state index contributed by atoms with van der Waals surface area (Å²) in [4.78, 5) is 48.3. The van der Waals surface area contributed by atoms with E-state index in [4.69, 9.17) is 24.2 Å². The maximum absolute atomic E-state index is 13.5. The number of esters is 1. The molecule has 232 valence electrons. The first kappa shape index (κ1) is 31.0. The Morgan fingerprint density at radius 2 is 1.86 bits per heavy atom. The van der Waals surface area contributed by atoms with E-state index < -0.39 is 41.3 Å². The summed E-state index contributed by atoms with van der Waals surface area (Å²) >= 11 is 0. The van der Waals surface area contributed by atoms with Crippen molar-refractivity contribution < 1.29 is 33.7 Å². The fourth-order valence-electron chi connectivity index (χ4n) is 6.15. The summed E-state index contributed by atoms with van der Waals surface area (Å²) in [5, 5.41) is 13.6. The summed E-state index contributed by atoms with van der Waals surface area (Å²) in [6.45, 7) is 11.7. The molecule has 5 unspecified atom stereocenters. The quantitative estimate of drug-likeness (QED) is 0.224. The van der Waals surface area contributed by atoms with Crippen LogP contribution in [0.5, 0.6) is 11.5 Å². The number of ether oxygens (including phenoxy) is 3. The number of carbonyl (C=O) groups is 3. The van der Waals surface area contributed by atoms with Crippen molar-refractivity contribution in [3.8, 4) is 22.9 Å². The molecule has 2 heterocycles. The highest BCUT2D eigenvalue weighted by Gasteiger charge is 2.62. The lowest BCUT2D eigenvalue weighted by molar-refractivity contribution is -0.150. The predicted molar refractivity (Wildman–Crippen MR) is 164 cm³/mol. The third kappa shape index (κ3) is 5.73. The Balaban J connectivity index is 1.47. The van der Waals surface area contributed by atoms with Crippen molar-refractivity contribution in [2.75, 3.05) is 13.7 Å². The van der Waals surface area contributed by atoms with E-state index in [1.165, 1.54) is 0 Å². The van der Waals surface area contributed by atoms with E-state index in [1.807, 2.05) is 43.3 Å². The largest absolute Gasteiger partial charge is 0.496 e. The molecule has 1 amide bonds. The number of hydrogen-bond acceptors (Lipinski definition) is 8. The number of carboxylic acid groups (broad SMARTS) is 1. The first-order valence-electron chi connectivity index (χ1n) is 15.0. The minimum absolute atomic E-state index is 0.125. The summed E-state index contributed by atoms with van der Waals surface area (Å²) in [6.07, 6.45) is 1.69. The molecule has 2 aliphatic rings. The summed E-state index contributed by atoms with van der Waals surface area (Å²) < 4.78 is 17.3. The summed E-state index contributed by atoms with van der Waals surface area (Å²) in [6, 6.07) is 11.3. The van der Waals surface area contributed by atoms with Gasteiger partial charge in [0.25, 0.3) is 0 Å². The van der Waals surface area contributed by atoms with Gasteiger partial charge in [-0.25, -0.2) is 9.78 Å². The number of carboxylic acids is 1. The minimum Gasteiger partial charge on any atom is -0.496 e. The minimum atomic E-state index is -1.21. The molecule has 2 N–H and O–H groups in total. The Bertz CT molecular complexity index is 1620. The molecule has 2 aromatic heterocycles. The van der Waals surface area contributed by atoms with Crippen molar-refractivity contribution in [1.29, 1.82) is 0 Å². The van der Waals surface area contributed by atoms with Gasteiger partial charge in [-0.1, -0.05) is 26.0 Å². The zero-order valence-electron chi connectivity index (χ0n) is 25.8. The highest BCUT2D eigenvalue weighted by molar-refractivity contribution is 5.94. The van der Waals surface area contributed by atoms with E-state index >= 15 is 0 Å². The highest BCUT2D eigenvalue weighted by Crippen LogP contribution is 2.47. The zero-order chi connectivity index (χ0) is 31.8. The van der Waals surface area contributed by atoms with Crippen LogP contribution >= 0.6 is 0 Å². The van der Waals surface area contributed by atoms with Gasteiger partial charge in [0.1, 0.15) is 23.1 Å². The Labute approximate surface area is 256 Å². The van der Waals surface area contributed by atoms with E-state index in [2.05, 4.69) is 25.7 Å². The number of fused-ring (bicyclic) bond motifs is 1. The number of rotatable bonds is 11. The molecule has 10 nitrogen and oxygen atoms in total. The van der Waals surface area contributed by atoms with Crippen molar-refractivity contribution in [3.63, 3.8) is 0 Å². The molecule has 5 rings (SSSR count). The van der Waals surface area contributed by atoms with Crippen molar-refractivity contribution >= 4 is 28.7 Å². The van der Waals surface area contributed by atoms with Crippen molar-refractivity contribution in [1.82, 2.24) is 15.3 Å². The number of nitrogens with zero attached hydrogens (tertiary/aromatic N) is 2. The van der Waals surface area contributed by atoms with Gasteiger partial charge < -0.3 is 24.6 Å². The Hall–Kier alpha value is -4.47. The molecule has 0 spiro atoms. The lowest BCUT2D eigenvalue weighted by Gasteiger charge is -2.21. The SMILES string of the molecule is C=CC1CC1(NC(=O)C1CC(Oc2cc(-c3cccc(C(C)C)n3)nc3c(C)c(OC)ccc23)CC1C(=O)O)C(=O)OCC. The molecule has 5 atom stereocenters. The number of aromatic nitrogens is 2. The first-order chi connectivity index (χ1) is 21.0. The van der Waals surface area contributed by atoms with E-state index in [0.717, 1.165) is 16.6 Å². The predicted octanol–water partition coefficient (Wildman–Crippen LogP) is 5.22. The van der Waals surface area contributed by atoms with Gasteiger partial charge in [-0.15, -0.1) is 6.58 Å². The number of aryl methyl sites for hydroxylation is 1. The van der Waals surface area contributed by atoms with E-state index in [9.17, 15) is 19.5 Å². The average Bonchev–Trinajstić information content (AvgIpc) is 3.56. The summed E-state index contributed by atoms with van der Waals surface area (Å²) in [5.74, 6) is -2.87. The lowest BCUT2D eigenvalue weighted by atomic mass is 9.94. The Morgan fingerprint density at radius 3 is 2.50 bits per heavy atom. The van der Waals surface area contributed by atoms with Gasteiger partial charge in [0.05, 0.1) is 42.5 Å². The molecule has 0 aliphatic heterocycles. The Kier molecular flexibility index (Phi) is 8.63. The number of nitrogens with one attached hydrogen (secondary N) is 1. The van der Waals surface area contributed by atoms with Crippen LogP contribution in [0.25, 0.3) is 22.3 Å². The maximum Gasteiger partial charge on any atom is 0.332 e. The second-order valence-corrected chi connectivity index (χ2v) is 11.9. The number of benzene rings is 1. The molecule has 10 heteroatoms. The van der Waals surface area contributed by atoms with Crippen LogP contribution in [0.15, 0.2) is 49.1 Å². The van der Waals surface area contributed by atoms with Gasteiger partial charge in [0, 0.05) is 28.6 Å². The number of amides is 1. The topological polar surface area (TPSA) is 137 Å². The van der Waals surface area contributed by atoms with Crippen LogP contribution in [0, 0.1) is 24.7 Å². The van der Waals surface area contributed by atoms with E-state index in [1.54, 1.807) is 20.1 Å². The van der Waals surface area contributed by atoms with Crippen LogP contribution in [0.2, 0.25) is 0 Å². The summed E-state index contributed by atoms with van der Waals surface area (Å²) in [5.41, 5.74) is 2.52. The molecule has 0 saturated heterocycles. The van der Waals surface area contributed by atoms with Crippen LogP contribution in [-0.4, -0.2) is 58.3 Å². The lowest BCUT2D eigenvalue weighted by Crippen LogP contribution is -2.49. The maximum atomic E-state index is 13.5. The van der Waals surface area contributed by atoms with Crippen molar-refractivity contribution in [2.45, 2.75) is 64.5 Å². The smallest absolute Gasteiger partial charge is 0.332 e. The number of pyridine rings is 2. The van der Waals surface area contributed by atoms with Gasteiger partial charge in [-0.2, -0.15) is 0 Å². The molecule has 2 aliphatic carbocycles. The highest BCUT2D eigenvalue weighted by atomic mass is 16.5. The fourth-order valence-corrected chi connectivity index (χ4v) is 6.15. The fraction of sp³-hybridized carbons (Fsp3) is 0.441. The first-order valence-corrected chi connectivity index (χ1v) is 15.0. The third-order valence-electron chi connectivity index (χ3n) is 8.74. The van der Waals surface area contributed by atoms with E-state index in [-0.39, 0.29) is 31.3 Å². The van der Waals surface area contributed by atoms with Crippen molar-refractivity contribution in [2.24, 2.45) is 17.8 Å². The van der Waals surface area contributed by atoms with Crippen molar-refractivity contribution in [3.05, 3.63) is 60.3 Å². The molecular weight excluding hydrogens is 562 g/mol. The average molecular weight is 602 g/mol. The van der Waals surface area contributed by atoms with Crippen LogP contribution in [0.3, 0.4) is 0 Å². The van der Waals surface area contributed by atoms with Crippen LogP contribution < -0.4 is 14.8 Å². The molecule has 2 saturated carbocycles. The van der Waals surface area contributed by atoms with Gasteiger partial charge >= 0.3 is 11.9 Å². The van der Waals surface area contributed by atoms with Gasteiger partial charge in [-0.05, 0) is 63.3 Å². The standard InChI is InChI=1S/C34H39N3O7/c1-7-20-17-34(20,33(41)43-8-2)37-31(38)23-14-21(15-24(23)32(39)40)44-29-16-27(26-11-9-10-25(35-26)18(3)4)36-30-19(5)28(42-6)13-12-22(29)30/h7,9-13,16,18,20-21,23-24H,1,8,14-15,17H2,2-6H3,(H,37,38)(H,39,40). The van der Waals surface area contributed by atoms with Crippen LogP contribution in [0.4, 0.5) is 0 Å². The monoisotopic (exact) mass is 601 g/mol. The van der Waals surface area contributed by atoms with Crippen LogP contribution in [-0.2, 0) is 19.1 Å². The number of methoxy groups -OCH3 is 1. The molecule has 0 bridgehead atoms. The zero-order valence-corrected chi connectivity index (χ0v) is 25.8. The third-order valence-corrected chi connectivity index (χ3v) is 8.74. The Morgan fingerprint density at radius 1 is 1.11 bits per heavy atom. The number of carbonyl (C=O) groups excluding carboxylic acids is 2. The van der Waals surface area contributed by atoms with E-state index in [0.29, 0.717) is 34.8 Å². The molecular formula is C34H39N3O7. The molecule has 3 aromatic rings. The normalized spacial score (nSPS) is 24.1. The molecule has 44 heavy (non-hydrogen) atoms. The van der Waals surface area contributed by atoms with Gasteiger partial charge in [0.15, 0.2) is 0 Å². The number of aliphatic carboxylic acids is 1. The summed E-state index contributed by atoms with van der Waals surface area (Å²) in [7, 11) is 1.60. The van der Waals surface area contributed by atoms with Crippen LogP contribution in [0.1, 0.15) is 57.2 Å². The molecule has 2 fully saturated rings. The van der Waals surface area contributed by atoms with Gasteiger partial charge in [0.2, 0.25) is 5.91 Å².